The van der Waals surface area contributed by atoms with E-state index < -0.39 is 0 Å². The predicted octanol–water partition coefficient (Wildman–Crippen LogP) is 7.55. The Hall–Kier alpha value is -3.03. The van der Waals surface area contributed by atoms with Crippen LogP contribution in [-0.4, -0.2) is 16.0 Å². The van der Waals surface area contributed by atoms with E-state index in [0.717, 1.165) is 31.6 Å². The Kier molecular flexibility index (Phi) is 6.00. The van der Waals surface area contributed by atoms with Crippen LogP contribution in [0.15, 0.2) is 78.9 Å². The highest BCUT2D eigenvalue weighted by Crippen LogP contribution is 2.38. The zero-order chi connectivity index (χ0) is 22.9. The second-order valence-corrected chi connectivity index (χ2v) is 9.52. The lowest BCUT2D eigenvalue weighted by molar-refractivity contribution is 0.0978. The topological polar surface area (TPSA) is 54.0 Å². The zero-order valence-corrected chi connectivity index (χ0v) is 20.1. The molecule has 0 aliphatic carbocycles. The Morgan fingerprint density at radius 3 is 2.45 bits per heavy atom. The van der Waals surface area contributed by atoms with Gasteiger partial charge in [-0.3, -0.25) is 10.1 Å². The third kappa shape index (κ3) is 4.56. The molecule has 162 valence electrons. The van der Waals surface area contributed by atoms with Crippen molar-refractivity contribution >= 4 is 84.5 Å². The number of para-hydroxylation sites is 1. The van der Waals surface area contributed by atoms with E-state index in [9.17, 15) is 4.79 Å². The summed E-state index contributed by atoms with van der Waals surface area (Å²) in [7, 11) is 0. The number of thiocarbonyl (C=S) groups is 1. The van der Waals surface area contributed by atoms with Crippen LogP contribution in [0.2, 0.25) is 10.0 Å². The molecule has 8 heteroatoms. The average Bonchev–Trinajstić information content (AvgIpc) is 3.24. The fourth-order valence-corrected chi connectivity index (χ4v) is 5.23. The molecular weight excluding hydrogens is 493 g/mol. The van der Waals surface area contributed by atoms with Gasteiger partial charge >= 0.3 is 0 Å². The van der Waals surface area contributed by atoms with E-state index >= 15 is 0 Å². The van der Waals surface area contributed by atoms with Gasteiger partial charge < -0.3 is 5.32 Å². The molecule has 0 saturated carbocycles. The molecular formula is C25H15Cl2N3OS2. The Morgan fingerprint density at radius 1 is 0.879 bits per heavy atom. The van der Waals surface area contributed by atoms with Crippen molar-refractivity contribution in [2.24, 2.45) is 0 Å². The number of nitrogens with one attached hydrogen (secondary N) is 2. The van der Waals surface area contributed by atoms with Crippen molar-refractivity contribution < 1.29 is 4.79 Å². The number of rotatable bonds is 3. The minimum absolute atomic E-state index is 0.132. The number of benzene rings is 4. The molecule has 2 N–H and O–H groups in total. The molecule has 4 nitrogen and oxygen atoms in total. The fourth-order valence-electron chi connectivity index (χ4n) is 3.46. The summed E-state index contributed by atoms with van der Waals surface area (Å²) >= 11 is 19.8. The summed E-state index contributed by atoms with van der Waals surface area (Å²) in [6.45, 7) is 0. The number of anilines is 1. The molecule has 0 radical (unpaired) electrons. The highest BCUT2D eigenvalue weighted by atomic mass is 35.5. The molecule has 0 aliphatic rings. The first-order valence-electron chi connectivity index (χ1n) is 9.94. The Bertz CT molecular complexity index is 1510. The number of hydrogen-bond donors (Lipinski definition) is 2. The summed E-state index contributed by atoms with van der Waals surface area (Å²) in [5, 5.41) is 9.52. The van der Waals surface area contributed by atoms with E-state index in [2.05, 4.69) is 15.6 Å². The van der Waals surface area contributed by atoms with Crippen LogP contribution in [0.3, 0.4) is 0 Å². The number of amides is 1. The van der Waals surface area contributed by atoms with Gasteiger partial charge in [0.2, 0.25) is 0 Å². The summed E-state index contributed by atoms with van der Waals surface area (Å²) in [6, 6.07) is 24.6. The van der Waals surface area contributed by atoms with Crippen molar-refractivity contribution in [2.45, 2.75) is 0 Å². The molecule has 1 aromatic heterocycles. The number of carbonyl (C=O) groups excluding carboxylic acids is 1. The van der Waals surface area contributed by atoms with Gasteiger partial charge in [0.15, 0.2) is 5.11 Å². The quantitative estimate of drug-likeness (QED) is 0.247. The SMILES string of the molecule is O=C(NC(=S)Nc1cc(-c2nc3ccccc3s2)c(Cl)cc1Cl)c1ccc2ccccc2c1. The number of fused-ring (bicyclic) bond motifs is 2. The van der Waals surface area contributed by atoms with Gasteiger partial charge in [0, 0.05) is 11.1 Å². The van der Waals surface area contributed by atoms with Gasteiger partial charge in [0.05, 0.1) is 25.9 Å². The molecule has 0 spiro atoms. The average molecular weight is 508 g/mol. The monoisotopic (exact) mass is 507 g/mol. The summed E-state index contributed by atoms with van der Waals surface area (Å²) in [6.07, 6.45) is 0. The van der Waals surface area contributed by atoms with Crippen LogP contribution in [0.5, 0.6) is 0 Å². The van der Waals surface area contributed by atoms with E-state index in [1.807, 2.05) is 60.7 Å². The third-order valence-corrected chi connectivity index (χ3v) is 6.97. The van der Waals surface area contributed by atoms with Crippen molar-refractivity contribution in [2.75, 3.05) is 5.32 Å². The van der Waals surface area contributed by atoms with E-state index in [0.29, 0.717) is 21.3 Å². The molecule has 1 heterocycles. The Balaban J connectivity index is 1.37. The van der Waals surface area contributed by atoms with Gasteiger partial charge in [-0.15, -0.1) is 11.3 Å². The lowest BCUT2D eigenvalue weighted by Crippen LogP contribution is -2.34. The van der Waals surface area contributed by atoms with E-state index in [1.54, 1.807) is 18.2 Å². The minimum Gasteiger partial charge on any atom is -0.331 e. The molecule has 33 heavy (non-hydrogen) atoms. The van der Waals surface area contributed by atoms with Gasteiger partial charge in [0.1, 0.15) is 5.01 Å². The van der Waals surface area contributed by atoms with Crippen LogP contribution in [0.4, 0.5) is 5.69 Å². The van der Waals surface area contributed by atoms with Crippen LogP contribution in [0.25, 0.3) is 31.6 Å². The van der Waals surface area contributed by atoms with Crippen LogP contribution in [0.1, 0.15) is 10.4 Å². The normalized spacial score (nSPS) is 11.0. The van der Waals surface area contributed by atoms with E-state index in [4.69, 9.17) is 35.4 Å². The fraction of sp³-hybridized carbons (Fsp3) is 0. The van der Waals surface area contributed by atoms with Crippen molar-refractivity contribution in [1.29, 1.82) is 0 Å². The molecule has 0 fully saturated rings. The molecule has 5 rings (SSSR count). The van der Waals surface area contributed by atoms with Crippen molar-refractivity contribution in [3.8, 4) is 10.6 Å². The third-order valence-electron chi connectivity index (χ3n) is 5.07. The molecule has 5 aromatic rings. The highest BCUT2D eigenvalue weighted by Gasteiger charge is 2.15. The summed E-state index contributed by atoms with van der Waals surface area (Å²) in [5.74, 6) is -0.310. The summed E-state index contributed by atoms with van der Waals surface area (Å²) in [4.78, 5) is 17.4. The van der Waals surface area contributed by atoms with Gasteiger partial charge in [-0.2, -0.15) is 0 Å². The van der Waals surface area contributed by atoms with Gasteiger partial charge in [-0.05, 0) is 59.4 Å². The van der Waals surface area contributed by atoms with Crippen molar-refractivity contribution in [3.63, 3.8) is 0 Å². The van der Waals surface area contributed by atoms with Crippen LogP contribution in [-0.2, 0) is 0 Å². The number of aromatic nitrogens is 1. The van der Waals surface area contributed by atoms with Gasteiger partial charge in [0.25, 0.3) is 5.91 Å². The number of nitrogens with zero attached hydrogens (tertiary/aromatic N) is 1. The molecule has 1 amide bonds. The molecule has 4 aromatic carbocycles. The molecule has 0 saturated heterocycles. The first kappa shape index (κ1) is 21.8. The second kappa shape index (κ2) is 9.08. The number of hydrogen-bond acceptors (Lipinski definition) is 4. The molecule has 0 bridgehead atoms. The summed E-state index contributed by atoms with van der Waals surface area (Å²) < 4.78 is 1.06. The first-order valence-corrected chi connectivity index (χ1v) is 11.9. The standard InChI is InChI=1S/C25H15Cl2N3OS2/c26-18-13-19(27)21(12-17(18)24-28-20-7-3-4-8-22(20)33-24)29-25(32)30-23(31)16-10-9-14-5-1-2-6-15(14)11-16/h1-13H,(H2,29,30,31,32). The molecule has 0 atom stereocenters. The number of carbonyl (C=O) groups is 1. The van der Waals surface area contributed by atoms with Gasteiger partial charge in [-0.25, -0.2) is 4.98 Å². The molecule has 0 unspecified atom stereocenters. The lowest BCUT2D eigenvalue weighted by atomic mass is 10.1. The van der Waals surface area contributed by atoms with E-state index in [-0.39, 0.29) is 11.0 Å². The summed E-state index contributed by atoms with van der Waals surface area (Å²) in [5.41, 5.74) is 2.67. The van der Waals surface area contributed by atoms with Crippen molar-refractivity contribution in [1.82, 2.24) is 10.3 Å². The van der Waals surface area contributed by atoms with Crippen molar-refractivity contribution in [3.05, 3.63) is 94.5 Å². The maximum absolute atomic E-state index is 12.7. The van der Waals surface area contributed by atoms with E-state index in [1.165, 1.54) is 11.3 Å². The largest absolute Gasteiger partial charge is 0.331 e. The maximum Gasteiger partial charge on any atom is 0.257 e. The zero-order valence-electron chi connectivity index (χ0n) is 16.9. The second-order valence-electron chi connectivity index (χ2n) is 7.27. The Morgan fingerprint density at radius 2 is 1.64 bits per heavy atom. The lowest BCUT2D eigenvalue weighted by Gasteiger charge is -2.13. The smallest absolute Gasteiger partial charge is 0.257 e. The molecule has 0 aliphatic heterocycles. The highest BCUT2D eigenvalue weighted by molar-refractivity contribution is 7.80. The Labute approximate surface area is 209 Å². The minimum atomic E-state index is -0.310. The van der Waals surface area contributed by atoms with Crippen LogP contribution >= 0.6 is 46.8 Å². The maximum atomic E-state index is 12.7. The predicted molar refractivity (Wildman–Crippen MR) is 143 cm³/mol. The van der Waals surface area contributed by atoms with Crippen LogP contribution < -0.4 is 10.6 Å². The number of halogens is 2. The van der Waals surface area contributed by atoms with Crippen LogP contribution in [0, 0.1) is 0 Å². The first-order chi connectivity index (χ1) is 16.0. The van der Waals surface area contributed by atoms with Gasteiger partial charge in [-0.1, -0.05) is 65.7 Å². The number of thiazole rings is 1.